The summed E-state index contributed by atoms with van der Waals surface area (Å²) in [5.41, 5.74) is -10.5. The van der Waals surface area contributed by atoms with E-state index in [4.69, 9.17) is 0 Å². The van der Waals surface area contributed by atoms with Crippen LogP contribution >= 0.6 is 30.6 Å². The second-order valence-corrected chi connectivity index (χ2v) is 32.5. The SMILES string of the molecule is Fc1c(F)c(F)c(C[Si](Br)(Cc2c(F)c(F)c(F)c(F)c2F)Cc2c(F)c(F)c(F)c(F)c2F)c(F)c1F.Fc1c(F)c(F)c(C[Si](Br)(Cc2c(F)c(F)c(F)c(F)c2F)Cc2c(F)c(F)c(F)c(F)c2F)c(F)c1F. The molecule has 0 bridgehead atoms. The molecule has 0 N–H and O–H groups in total. The first-order valence-electron chi connectivity index (χ1n) is 19.3. The van der Waals surface area contributed by atoms with Gasteiger partial charge in [-0.3, -0.25) is 0 Å². The molecule has 0 nitrogen and oxygen atoms in total. The average Bonchev–Trinajstić information content (AvgIpc) is 3.39. The van der Waals surface area contributed by atoms with Gasteiger partial charge in [-0.15, -0.1) is 30.6 Å². The first-order chi connectivity index (χ1) is 34.9. The summed E-state index contributed by atoms with van der Waals surface area (Å²) < 4.78 is 417. The minimum Gasteiger partial charge on any atom is -0.203 e. The summed E-state index contributed by atoms with van der Waals surface area (Å²) in [6.07, 6.45) is 0. The normalized spacial score (nSPS) is 12.0. The van der Waals surface area contributed by atoms with E-state index in [-0.39, 0.29) is 0 Å². The van der Waals surface area contributed by atoms with Crippen LogP contribution in [0.15, 0.2) is 0 Å². The second kappa shape index (κ2) is 22.5. The number of hydrogen-bond donors (Lipinski definition) is 0. The van der Waals surface area contributed by atoms with Crippen LogP contribution in [0.3, 0.4) is 0 Å². The number of benzene rings is 6. The van der Waals surface area contributed by atoms with E-state index in [0.717, 1.165) is 0 Å². The number of rotatable bonds is 12. The van der Waals surface area contributed by atoms with E-state index in [0.29, 0.717) is 0 Å². The van der Waals surface area contributed by atoms with Crippen LogP contribution in [0.25, 0.3) is 0 Å². The molecule has 76 heavy (non-hydrogen) atoms. The van der Waals surface area contributed by atoms with Gasteiger partial charge in [-0.1, -0.05) is 0 Å². The van der Waals surface area contributed by atoms with Crippen molar-refractivity contribution in [3.05, 3.63) is 208 Å². The largest absolute Gasteiger partial charge is 0.203 e. The molecule has 0 unspecified atom stereocenters. The molecule has 0 aliphatic carbocycles. The van der Waals surface area contributed by atoms with E-state index >= 15 is 0 Å². The van der Waals surface area contributed by atoms with Gasteiger partial charge in [0, 0.05) is 33.4 Å². The zero-order valence-electron chi connectivity index (χ0n) is 35.3. The third-order valence-electron chi connectivity index (χ3n) is 10.8. The van der Waals surface area contributed by atoms with Crippen LogP contribution in [-0.4, -0.2) is 13.4 Å². The Balaban J connectivity index is 0.000000281. The molecule has 0 spiro atoms. The fourth-order valence-corrected chi connectivity index (χ4v) is 18.6. The van der Waals surface area contributed by atoms with E-state index in [9.17, 15) is 132 Å². The molecule has 0 aliphatic rings. The van der Waals surface area contributed by atoms with Crippen LogP contribution in [0.4, 0.5) is 132 Å². The van der Waals surface area contributed by atoms with Crippen molar-refractivity contribution < 1.29 is 132 Å². The summed E-state index contributed by atoms with van der Waals surface area (Å²) in [6, 6.07) is -9.51. The zero-order chi connectivity index (χ0) is 58.0. The molecule has 6 rings (SSSR count). The van der Waals surface area contributed by atoms with Gasteiger partial charge in [0.05, 0.1) is 0 Å². The maximum atomic E-state index is 14.3. The first-order valence-corrected chi connectivity index (χ1v) is 29.0. The monoisotopic (exact) mass is 1300 g/mol. The van der Waals surface area contributed by atoms with Crippen molar-refractivity contribution in [3.63, 3.8) is 0 Å². The van der Waals surface area contributed by atoms with Crippen LogP contribution < -0.4 is 0 Å². The minimum atomic E-state index is -4.84. The molecular formula is C42H12Br2F30Si2. The summed E-state index contributed by atoms with van der Waals surface area (Å²) in [6.45, 7) is -9.69. The molecule has 412 valence electrons. The number of hydrogen-bond acceptors (Lipinski definition) is 0. The molecule has 0 fully saturated rings. The molecule has 6 aromatic rings. The molecule has 0 heterocycles. The molecule has 0 saturated heterocycles. The highest BCUT2D eigenvalue weighted by atomic mass is 79.9. The molecule has 0 aliphatic heterocycles. The zero-order valence-corrected chi connectivity index (χ0v) is 40.5. The van der Waals surface area contributed by atoms with Crippen LogP contribution in [0.5, 0.6) is 0 Å². The van der Waals surface area contributed by atoms with Crippen molar-refractivity contribution in [1.29, 1.82) is 0 Å². The van der Waals surface area contributed by atoms with Crippen LogP contribution in [0, 0.1) is 175 Å². The van der Waals surface area contributed by atoms with Crippen LogP contribution in [-0.2, 0) is 36.3 Å². The molecule has 0 aromatic heterocycles. The maximum absolute atomic E-state index is 14.3. The Morgan fingerprint density at radius 1 is 0.145 bits per heavy atom. The molecule has 34 heteroatoms. The Labute approximate surface area is 418 Å². The Morgan fingerprint density at radius 3 is 0.289 bits per heavy atom. The topological polar surface area (TPSA) is 0 Å². The lowest BCUT2D eigenvalue weighted by atomic mass is 10.2. The third-order valence-corrected chi connectivity index (χ3v) is 21.7. The summed E-state index contributed by atoms with van der Waals surface area (Å²) in [5, 5.41) is 0. The van der Waals surface area contributed by atoms with E-state index in [2.05, 4.69) is 30.6 Å². The van der Waals surface area contributed by atoms with Gasteiger partial charge in [0.25, 0.3) is 0 Å². The van der Waals surface area contributed by atoms with Gasteiger partial charge >= 0.3 is 0 Å². The smallest absolute Gasteiger partial charge is 0.200 e. The lowest BCUT2D eigenvalue weighted by Gasteiger charge is -2.27. The predicted octanol–water partition coefficient (Wildman–Crippen LogP) is 15.5. The van der Waals surface area contributed by atoms with Gasteiger partial charge in [-0.25, -0.2) is 132 Å². The Kier molecular flexibility index (Phi) is 18.2. The summed E-state index contributed by atoms with van der Waals surface area (Å²) in [4.78, 5) is 0. The summed E-state index contributed by atoms with van der Waals surface area (Å²) in [7, 11) is 0. The molecule has 0 amide bonds. The van der Waals surface area contributed by atoms with Crippen LogP contribution in [0.1, 0.15) is 33.4 Å². The van der Waals surface area contributed by atoms with Gasteiger partial charge in [0.1, 0.15) is 13.4 Å². The highest BCUT2D eigenvalue weighted by Gasteiger charge is 2.44. The van der Waals surface area contributed by atoms with Crippen molar-refractivity contribution >= 4 is 44.0 Å². The Morgan fingerprint density at radius 2 is 0.211 bits per heavy atom. The van der Waals surface area contributed by atoms with Crippen molar-refractivity contribution in [2.75, 3.05) is 0 Å². The van der Waals surface area contributed by atoms with E-state index in [1.54, 1.807) is 0 Å². The predicted molar refractivity (Wildman–Crippen MR) is 209 cm³/mol. The molecule has 0 atom stereocenters. The third kappa shape index (κ3) is 11.0. The van der Waals surface area contributed by atoms with Gasteiger partial charge in [0.15, 0.2) is 140 Å². The van der Waals surface area contributed by atoms with E-state index < -0.39 is 258 Å². The second-order valence-electron chi connectivity index (χ2n) is 15.7. The van der Waals surface area contributed by atoms with Crippen molar-refractivity contribution in [1.82, 2.24) is 0 Å². The highest BCUT2D eigenvalue weighted by Crippen LogP contribution is 2.39. The Hall–Kier alpha value is -5.39. The minimum absolute atomic E-state index is 1.59. The van der Waals surface area contributed by atoms with E-state index in [1.807, 2.05) is 0 Å². The highest BCUT2D eigenvalue weighted by molar-refractivity contribution is 9.26. The van der Waals surface area contributed by atoms with Crippen molar-refractivity contribution in [2.45, 2.75) is 36.3 Å². The first kappa shape index (κ1) is 61.5. The molecule has 0 saturated carbocycles. The Bertz CT molecular complexity index is 2650. The standard InChI is InChI=1S/2C21H6BrF15Si/c2*22-38(1-4-7(23)13(29)19(35)14(30)8(4)24,2-5-9(25)15(31)20(36)16(32)10(5)26)3-6-11(27)17(33)21(37)18(34)12(6)28/h2*1-3H2. The van der Waals surface area contributed by atoms with Crippen molar-refractivity contribution in [2.24, 2.45) is 0 Å². The van der Waals surface area contributed by atoms with Gasteiger partial charge in [-0.05, 0) is 36.3 Å². The summed E-state index contributed by atoms with van der Waals surface area (Å²) >= 11 is 5.25. The van der Waals surface area contributed by atoms with Gasteiger partial charge in [0.2, 0.25) is 34.9 Å². The number of halogens is 32. The van der Waals surface area contributed by atoms with E-state index in [1.165, 1.54) is 0 Å². The lowest BCUT2D eigenvalue weighted by Crippen LogP contribution is -2.40. The van der Waals surface area contributed by atoms with Gasteiger partial charge < -0.3 is 0 Å². The lowest BCUT2D eigenvalue weighted by molar-refractivity contribution is 0.370. The summed E-state index contributed by atoms with van der Waals surface area (Å²) in [5.74, 6) is -76.7. The average molecular weight is 1300 g/mol. The quantitative estimate of drug-likeness (QED) is 0.0377. The maximum Gasteiger partial charge on any atom is 0.200 e. The fourth-order valence-electron chi connectivity index (χ4n) is 7.11. The fraction of sp³-hybridized carbons (Fsp3) is 0.143. The molecular weight excluding hydrogens is 1290 g/mol. The van der Waals surface area contributed by atoms with Gasteiger partial charge in [-0.2, -0.15) is 0 Å². The molecule has 6 aromatic carbocycles. The van der Waals surface area contributed by atoms with Crippen LogP contribution in [0.2, 0.25) is 0 Å². The van der Waals surface area contributed by atoms with Crippen molar-refractivity contribution in [3.8, 4) is 0 Å². The molecule has 0 radical (unpaired) electrons.